The van der Waals surface area contributed by atoms with Crippen molar-refractivity contribution in [3.05, 3.63) is 41.1 Å². The quantitative estimate of drug-likeness (QED) is 0.891. The Hall–Kier alpha value is -1.90. The van der Waals surface area contributed by atoms with E-state index in [-0.39, 0.29) is 21.4 Å². The summed E-state index contributed by atoms with van der Waals surface area (Å²) in [5.74, 6) is -0.574. The van der Waals surface area contributed by atoms with Crippen molar-refractivity contribution in [2.75, 3.05) is 5.32 Å². The lowest BCUT2D eigenvalue weighted by atomic mass is 10.3. The van der Waals surface area contributed by atoms with Gasteiger partial charge in [0.25, 0.3) is 5.91 Å². The van der Waals surface area contributed by atoms with E-state index in [0.717, 1.165) is 6.39 Å². The lowest BCUT2D eigenvalue weighted by Gasteiger charge is -2.07. The molecule has 0 aliphatic heterocycles. The Morgan fingerprint density at radius 2 is 2.15 bits per heavy atom. The van der Waals surface area contributed by atoms with Gasteiger partial charge < -0.3 is 9.73 Å². The Kier molecular flexibility index (Phi) is 3.80. The second-order valence-electron chi connectivity index (χ2n) is 3.91. The van der Waals surface area contributed by atoms with Gasteiger partial charge in [0, 0.05) is 0 Å². The van der Waals surface area contributed by atoms with Gasteiger partial charge in [-0.25, -0.2) is 18.5 Å². The number of hydrogen-bond acceptors (Lipinski definition) is 5. The van der Waals surface area contributed by atoms with Gasteiger partial charge in [-0.15, -0.1) is 0 Å². The van der Waals surface area contributed by atoms with Crippen LogP contribution in [0.5, 0.6) is 0 Å². The predicted molar refractivity (Wildman–Crippen MR) is 72.0 cm³/mol. The van der Waals surface area contributed by atoms with Gasteiger partial charge in [0.1, 0.15) is 0 Å². The van der Waals surface area contributed by atoms with E-state index >= 15 is 0 Å². The summed E-state index contributed by atoms with van der Waals surface area (Å²) in [6.07, 6.45) is 1.13. The Morgan fingerprint density at radius 1 is 1.45 bits per heavy atom. The monoisotopic (exact) mass is 315 g/mol. The lowest BCUT2D eigenvalue weighted by Crippen LogP contribution is -2.15. The van der Waals surface area contributed by atoms with Crippen LogP contribution in [0.15, 0.2) is 33.9 Å². The van der Waals surface area contributed by atoms with Gasteiger partial charge in [0.2, 0.25) is 15.8 Å². The summed E-state index contributed by atoms with van der Waals surface area (Å²) in [6, 6.07) is 3.73. The van der Waals surface area contributed by atoms with Crippen LogP contribution in [-0.2, 0) is 10.0 Å². The second kappa shape index (κ2) is 5.23. The molecule has 1 amide bonds. The van der Waals surface area contributed by atoms with Gasteiger partial charge in [-0.3, -0.25) is 4.79 Å². The largest absolute Gasteiger partial charge is 0.438 e. The average Bonchev–Trinajstić information content (AvgIpc) is 2.77. The highest BCUT2D eigenvalue weighted by Crippen LogP contribution is 2.25. The normalized spacial score (nSPS) is 11.3. The number of rotatable bonds is 3. The van der Waals surface area contributed by atoms with Crippen molar-refractivity contribution in [1.29, 1.82) is 0 Å². The molecule has 0 unspecified atom stereocenters. The summed E-state index contributed by atoms with van der Waals surface area (Å²) in [5, 5.41) is 7.62. The number of aryl methyl sites for hydroxylation is 1. The van der Waals surface area contributed by atoms with Crippen molar-refractivity contribution < 1.29 is 17.6 Å². The number of carbonyl (C=O) groups excluding carboxylic acids is 1. The fourth-order valence-corrected chi connectivity index (χ4v) is 2.18. The SMILES string of the molecule is Cc1ncoc1C(=O)Nc1cc(S(N)(=O)=O)ccc1Cl. The zero-order valence-corrected chi connectivity index (χ0v) is 11.8. The Bertz CT molecular complexity index is 770. The van der Waals surface area contributed by atoms with Crippen LogP contribution in [0.2, 0.25) is 5.02 Å². The third-order valence-corrected chi connectivity index (χ3v) is 3.71. The molecule has 1 heterocycles. The van der Waals surface area contributed by atoms with Crippen LogP contribution < -0.4 is 10.5 Å². The van der Waals surface area contributed by atoms with Gasteiger partial charge in [-0.1, -0.05) is 11.6 Å². The van der Waals surface area contributed by atoms with Gasteiger partial charge in [-0.05, 0) is 25.1 Å². The first-order chi connectivity index (χ1) is 9.29. The van der Waals surface area contributed by atoms with Crippen molar-refractivity contribution in [3.63, 3.8) is 0 Å². The number of halogens is 1. The molecule has 0 radical (unpaired) electrons. The molecule has 2 aromatic rings. The van der Waals surface area contributed by atoms with E-state index in [1.807, 2.05) is 0 Å². The summed E-state index contributed by atoms with van der Waals surface area (Å²) in [7, 11) is -3.89. The van der Waals surface area contributed by atoms with Gasteiger partial charge in [0.05, 0.1) is 21.3 Å². The maximum Gasteiger partial charge on any atom is 0.293 e. The summed E-state index contributed by atoms with van der Waals surface area (Å²) < 4.78 is 27.4. The molecule has 0 fully saturated rings. The number of amides is 1. The standard InChI is InChI=1S/C11H10ClN3O4S/c1-6-10(19-5-14-6)11(16)15-9-4-7(20(13,17)18)2-3-8(9)12/h2-5H,1H3,(H,15,16)(H2,13,17,18). The number of anilines is 1. The first-order valence-electron chi connectivity index (χ1n) is 5.33. The van der Waals surface area contributed by atoms with Gasteiger partial charge in [-0.2, -0.15) is 0 Å². The fraction of sp³-hybridized carbons (Fsp3) is 0.0909. The highest BCUT2D eigenvalue weighted by Gasteiger charge is 2.17. The van der Waals surface area contributed by atoms with E-state index in [1.54, 1.807) is 6.92 Å². The molecule has 0 saturated heterocycles. The molecule has 0 spiro atoms. The van der Waals surface area contributed by atoms with Crippen LogP contribution in [0.1, 0.15) is 16.2 Å². The molecule has 20 heavy (non-hydrogen) atoms. The summed E-state index contributed by atoms with van der Waals surface area (Å²) >= 11 is 5.89. The van der Waals surface area contributed by atoms with Gasteiger partial charge in [0.15, 0.2) is 6.39 Å². The molecule has 1 aromatic heterocycles. The summed E-state index contributed by atoms with van der Waals surface area (Å²) in [4.78, 5) is 15.5. The first-order valence-corrected chi connectivity index (χ1v) is 7.25. The minimum Gasteiger partial charge on any atom is -0.438 e. The third kappa shape index (κ3) is 2.98. The molecule has 0 aliphatic rings. The molecule has 9 heteroatoms. The maximum atomic E-state index is 11.9. The third-order valence-electron chi connectivity index (χ3n) is 2.47. The van der Waals surface area contributed by atoms with Crippen LogP contribution in [0.4, 0.5) is 5.69 Å². The van der Waals surface area contributed by atoms with Crippen LogP contribution >= 0.6 is 11.6 Å². The molecule has 0 atom stereocenters. The number of primary sulfonamides is 1. The minimum absolute atomic E-state index is 0.0158. The number of nitrogens with two attached hydrogens (primary N) is 1. The summed E-state index contributed by atoms with van der Waals surface area (Å²) in [5.41, 5.74) is 0.514. The highest BCUT2D eigenvalue weighted by molar-refractivity contribution is 7.89. The van der Waals surface area contributed by atoms with E-state index < -0.39 is 15.9 Å². The molecule has 7 nitrogen and oxygen atoms in total. The topological polar surface area (TPSA) is 115 Å². The molecule has 106 valence electrons. The van der Waals surface area contributed by atoms with Crippen molar-refractivity contribution in [2.24, 2.45) is 5.14 Å². The number of nitrogens with zero attached hydrogens (tertiary/aromatic N) is 1. The number of carbonyl (C=O) groups is 1. The van der Waals surface area contributed by atoms with Crippen LogP contribution in [0.25, 0.3) is 0 Å². The Morgan fingerprint density at radius 3 is 2.70 bits per heavy atom. The van der Waals surface area contributed by atoms with E-state index in [4.69, 9.17) is 21.2 Å². The van der Waals surface area contributed by atoms with E-state index in [1.165, 1.54) is 18.2 Å². The molecule has 0 bridgehead atoms. The minimum atomic E-state index is -3.89. The number of nitrogens with one attached hydrogen (secondary N) is 1. The molecule has 2 rings (SSSR count). The summed E-state index contributed by atoms with van der Waals surface area (Å²) in [6.45, 7) is 1.60. The zero-order valence-electron chi connectivity index (χ0n) is 10.3. The zero-order chi connectivity index (χ0) is 14.9. The number of sulfonamides is 1. The highest BCUT2D eigenvalue weighted by atomic mass is 35.5. The van der Waals surface area contributed by atoms with E-state index in [0.29, 0.717) is 5.69 Å². The van der Waals surface area contributed by atoms with Crippen LogP contribution in [-0.4, -0.2) is 19.3 Å². The molecular weight excluding hydrogens is 306 g/mol. The Labute approximate surface area is 119 Å². The van der Waals surface area contributed by atoms with E-state index in [2.05, 4.69) is 10.3 Å². The molecular formula is C11H10ClN3O4S. The van der Waals surface area contributed by atoms with Crippen molar-refractivity contribution in [3.8, 4) is 0 Å². The Balaban J connectivity index is 2.34. The fourth-order valence-electron chi connectivity index (χ4n) is 1.48. The van der Waals surface area contributed by atoms with Crippen LogP contribution in [0, 0.1) is 6.92 Å². The van der Waals surface area contributed by atoms with Crippen molar-refractivity contribution in [1.82, 2.24) is 4.98 Å². The first kappa shape index (κ1) is 14.5. The molecule has 1 aromatic carbocycles. The number of benzene rings is 1. The molecule has 0 saturated carbocycles. The van der Waals surface area contributed by atoms with Crippen molar-refractivity contribution >= 4 is 33.2 Å². The predicted octanol–water partition coefficient (Wildman–Crippen LogP) is 1.54. The number of oxazole rings is 1. The average molecular weight is 316 g/mol. The lowest BCUT2D eigenvalue weighted by molar-refractivity contribution is 0.0996. The molecule has 3 N–H and O–H groups in total. The second-order valence-corrected chi connectivity index (χ2v) is 5.88. The van der Waals surface area contributed by atoms with Crippen molar-refractivity contribution in [2.45, 2.75) is 11.8 Å². The van der Waals surface area contributed by atoms with Gasteiger partial charge >= 0.3 is 0 Å². The number of hydrogen-bond donors (Lipinski definition) is 2. The van der Waals surface area contributed by atoms with Crippen LogP contribution in [0.3, 0.4) is 0 Å². The van der Waals surface area contributed by atoms with E-state index in [9.17, 15) is 13.2 Å². The molecule has 0 aliphatic carbocycles. The number of aromatic nitrogens is 1. The smallest absolute Gasteiger partial charge is 0.293 e. The maximum absolute atomic E-state index is 11.9.